The lowest BCUT2D eigenvalue weighted by atomic mass is 9.95. The summed E-state index contributed by atoms with van der Waals surface area (Å²) < 4.78 is 45.2. The second-order valence-corrected chi connectivity index (χ2v) is 7.01. The lowest BCUT2D eigenvalue weighted by Gasteiger charge is -2.23. The van der Waals surface area contributed by atoms with Crippen LogP contribution in [0.15, 0.2) is 24.4 Å². The van der Waals surface area contributed by atoms with Gasteiger partial charge in [0, 0.05) is 12.0 Å². The Balaban J connectivity index is 1.68. The van der Waals surface area contributed by atoms with Crippen molar-refractivity contribution in [2.45, 2.75) is 57.3 Å². The Morgan fingerprint density at radius 1 is 1.37 bits per heavy atom. The molecule has 2 atom stereocenters. The summed E-state index contributed by atoms with van der Waals surface area (Å²) in [5.74, 6) is -2.80. The zero-order chi connectivity index (χ0) is 19.4. The van der Waals surface area contributed by atoms with Crippen LogP contribution in [-0.4, -0.2) is 33.6 Å². The van der Waals surface area contributed by atoms with E-state index in [-0.39, 0.29) is 12.6 Å². The molecule has 0 saturated carbocycles. The van der Waals surface area contributed by atoms with E-state index in [0.29, 0.717) is 19.4 Å². The lowest BCUT2D eigenvalue weighted by molar-refractivity contribution is -0.164. The van der Waals surface area contributed by atoms with Crippen molar-refractivity contribution in [1.29, 1.82) is 0 Å². The van der Waals surface area contributed by atoms with E-state index in [1.165, 1.54) is 0 Å². The number of ether oxygens (including phenoxy) is 1. The van der Waals surface area contributed by atoms with Crippen molar-refractivity contribution in [2.24, 2.45) is 5.92 Å². The molecule has 0 bridgehead atoms. The lowest BCUT2D eigenvalue weighted by Crippen LogP contribution is -2.22. The summed E-state index contributed by atoms with van der Waals surface area (Å²) in [5, 5.41) is 14.4. The Hall–Kier alpha value is -2.09. The minimum absolute atomic E-state index is 0.00883. The minimum Gasteiger partial charge on any atom is -0.481 e. The quantitative estimate of drug-likeness (QED) is 0.751. The van der Waals surface area contributed by atoms with Gasteiger partial charge in [-0.3, -0.25) is 4.79 Å². The van der Waals surface area contributed by atoms with E-state index in [4.69, 9.17) is 9.84 Å². The number of alkyl halides is 3. The molecule has 0 radical (unpaired) electrons. The zero-order valence-electron chi connectivity index (χ0n) is 14.9. The first-order valence-corrected chi connectivity index (χ1v) is 9.21. The summed E-state index contributed by atoms with van der Waals surface area (Å²) in [6.07, 6.45) is -0.182. The van der Waals surface area contributed by atoms with Gasteiger partial charge in [0.05, 0.1) is 24.1 Å². The number of nitrogens with zero attached hydrogens (tertiary/aromatic N) is 2. The first-order chi connectivity index (χ1) is 12.8. The van der Waals surface area contributed by atoms with Crippen molar-refractivity contribution in [2.75, 3.05) is 6.61 Å². The fraction of sp³-hybridized carbons (Fsp3) is 0.579. The topological polar surface area (TPSA) is 64.3 Å². The molecule has 8 heteroatoms. The number of carboxylic acid groups (broad SMARTS) is 1. The SMILES string of the molecule is O=C(O)C(CCCc1cccc2c1cnn2C1CCCCO1)CC(F)(F)F. The monoisotopic (exact) mass is 384 g/mol. The molecular formula is C19H23F3N2O3. The Morgan fingerprint density at radius 2 is 2.19 bits per heavy atom. The average molecular weight is 384 g/mol. The van der Waals surface area contributed by atoms with Crippen molar-refractivity contribution in [1.82, 2.24) is 9.78 Å². The first-order valence-electron chi connectivity index (χ1n) is 9.21. The van der Waals surface area contributed by atoms with E-state index in [1.54, 1.807) is 6.20 Å². The average Bonchev–Trinajstić information content (AvgIpc) is 3.05. The van der Waals surface area contributed by atoms with Gasteiger partial charge in [0.15, 0.2) is 6.23 Å². The third kappa shape index (κ3) is 5.00. The maximum Gasteiger partial charge on any atom is 0.389 e. The smallest absolute Gasteiger partial charge is 0.389 e. The molecule has 1 fully saturated rings. The van der Waals surface area contributed by atoms with Crippen molar-refractivity contribution >= 4 is 16.9 Å². The van der Waals surface area contributed by atoms with Crippen LogP contribution in [0.4, 0.5) is 13.2 Å². The normalized spacial score (nSPS) is 19.3. The number of carbonyl (C=O) groups is 1. The number of carboxylic acids is 1. The van der Waals surface area contributed by atoms with E-state index in [1.807, 2.05) is 22.9 Å². The number of hydrogen-bond acceptors (Lipinski definition) is 3. The summed E-state index contributed by atoms with van der Waals surface area (Å²) >= 11 is 0. The largest absolute Gasteiger partial charge is 0.481 e. The highest BCUT2D eigenvalue weighted by molar-refractivity contribution is 5.82. The van der Waals surface area contributed by atoms with Crippen LogP contribution in [0.25, 0.3) is 10.9 Å². The first kappa shape index (κ1) is 19.7. The van der Waals surface area contributed by atoms with Gasteiger partial charge in [0.25, 0.3) is 0 Å². The van der Waals surface area contributed by atoms with E-state index < -0.39 is 24.5 Å². The second kappa shape index (κ2) is 8.29. The van der Waals surface area contributed by atoms with Crippen molar-refractivity contribution < 1.29 is 27.8 Å². The number of fused-ring (bicyclic) bond motifs is 1. The Kier molecular flexibility index (Phi) is 6.04. The Bertz CT molecular complexity index is 782. The van der Waals surface area contributed by atoms with Crippen molar-refractivity contribution in [3.05, 3.63) is 30.0 Å². The Labute approximate surface area is 155 Å². The van der Waals surface area contributed by atoms with E-state index >= 15 is 0 Å². The van der Waals surface area contributed by atoms with Crippen LogP contribution in [0.1, 0.15) is 50.3 Å². The molecule has 1 saturated heterocycles. The van der Waals surface area contributed by atoms with Gasteiger partial charge in [-0.05, 0) is 50.2 Å². The second-order valence-electron chi connectivity index (χ2n) is 7.01. The third-order valence-corrected chi connectivity index (χ3v) is 4.99. The number of rotatable bonds is 7. The molecule has 2 unspecified atom stereocenters. The summed E-state index contributed by atoms with van der Waals surface area (Å²) in [7, 11) is 0. The van der Waals surface area contributed by atoms with Gasteiger partial charge in [-0.15, -0.1) is 0 Å². The number of aryl methyl sites for hydroxylation is 1. The van der Waals surface area contributed by atoms with Crippen LogP contribution < -0.4 is 0 Å². The van der Waals surface area contributed by atoms with Gasteiger partial charge in [-0.2, -0.15) is 18.3 Å². The number of hydrogen-bond donors (Lipinski definition) is 1. The molecule has 0 amide bonds. The predicted molar refractivity (Wildman–Crippen MR) is 93.3 cm³/mol. The maximum absolute atomic E-state index is 12.5. The molecule has 1 aromatic carbocycles. The highest BCUT2D eigenvalue weighted by atomic mass is 19.4. The molecule has 148 valence electrons. The highest BCUT2D eigenvalue weighted by Crippen LogP contribution is 2.30. The van der Waals surface area contributed by atoms with Gasteiger partial charge in [0.2, 0.25) is 0 Å². The van der Waals surface area contributed by atoms with Crippen LogP contribution in [-0.2, 0) is 16.0 Å². The van der Waals surface area contributed by atoms with Crippen LogP contribution in [0.5, 0.6) is 0 Å². The third-order valence-electron chi connectivity index (χ3n) is 4.99. The number of halogens is 3. The molecule has 1 aliphatic heterocycles. The molecule has 1 aliphatic rings. The predicted octanol–water partition coefficient (Wildman–Crippen LogP) is 4.71. The minimum atomic E-state index is -4.47. The molecule has 1 N–H and O–H groups in total. The van der Waals surface area contributed by atoms with Gasteiger partial charge in [0.1, 0.15) is 0 Å². The summed E-state index contributed by atoms with van der Waals surface area (Å²) in [4.78, 5) is 11.1. The fourth-order valence-electron chi connectivity index (χ4n) is 3.63. The molecule has 0 aliphatic carbocycles. The van der Waals surface area contributed by atoms with Gasteiger partial charge in [-0.1, -0.05) is 12.1 Å². The van der Waals surface area contributed by atoms with E-state index in [9.17, 15) is 18.0 Å². The number of aromatic nitrogens is 2. The summed E-state index contributed by atoms with van der Waals surface area (Å²) in [5.41, 5.74) is 1.90. The van der Waals surface area contributed by atoms with Crippen molar-refractivity contribution in [3.63, 3.8) is 0 Å². The van der Waals surface area contributed by atoms with Crippen LogP contribution in [0, 0.1) is 5.92 Å². The van der Waals surface area contributed by atoms with Gasteiger partial charge in [-0.25, -0.2) is 4.68 Å². The number of aliphatic carboxylic acids is 1. The van der Waals surface area contributed by atoms with E-state index in [2.05, 4.69) is 5.10 Å². The summed E-state index contributed by atoms with van der Waals surface area (Å²) in [6.45, 7) is 0.710. The fourth-order valence-corrected chi connectivity index (χ4v) is 3.63. The molecule has 1 aromatic heterocycles. The highest BCUT2D eigenvalue weighted by Gasteiger charge is 2.35. The molecule has 5 nitrogen and oxygen atoms in total. The molecule has 2 heterocycles. The standard InChI is InChI=1S/C19H23F3N2O3/c20-19(21,22)11-14(18(25)26)7-3-5-13-6-4-8-16-15(13)12-23-24(16)17-9-1-2-10-27-17/h4,6,8,12,14,17H,1-3,5,7,9-11H2,(H,25,26). The van der Waals surface area contributed by atoms with E-state index in [0.717, 1.165) is 35.7 Å². The Morgan fingerprint density at radius 3 is 2.85 bits per heavy atom. The zero-order valence-corrected chi connectivity index (χ0v) is 14.9. The maximum atomic E-state index is 12.5. The van der Waals surface area contributed by atoms with Crippen LogP contribution in [0.3, 0.4) is 0 Å². The summed E-state index contributed by atoms with van der Waals surface area (Å²) in [6, 6.07) is 5.76. The van der Waals surface area contributed by atoms with Gasteiger partial charge < -0.3 is 9.84 Å². The van der Waals surface area contributed by atoms with Gasteiger partial charge >= 0.3 is 12.1 Å². The molecule has 2 aromatic rings. The molecule has 27 heavy (non-hydrogen) atoms. The molecule has 0 spiro atoms. The molecule has 3 rings (SSSR count). The van der Waals surface area contributed by atoms with Crippen LogP contribution in [0.2, 0.25) is 0 Å². The van der Waals surface area contributed by atoms with Crippen molar-refractivity contribution in [3.8, 4) is 0 Å². The van der Waals surface area contributed by atoms with Crippen LogP contribution >= 0.6 is 0 Å². The number of benzene rings is 1. The molecular weight excluding hydrogens is 361 g/mol.